The molecule has 0 atom stereocenters. The molecule has 2 rings (SSSR count). The first kappa shape index (κ1) is 25.4. The SMILES string of the molecule is CCCCCCCCCOc1ccccc1-c1ncncc1CCCCCCCCC. The van der Waals surface area contributed by atoms with Gasteiger partial charge in [0.15, 0.2) is 0 Å². The standard InChI is InChI=1S/C28H44N2O/c1-3-5-7-9-11-13-15-19-25-23-29-24-30-28(25)26-20-16-17-21-27(26)31-22-18-14-12-10-8-6-4-2/h16-17,20-21,23-24H,3-15,18-19,22H2,1-2H3. The summed E-state index contributed by atoms with van der Waals surface area (Å²) >= 11 is 0. The summed E-state index contributed by atoms with van der Waals surface area (Å²) < 4.78 is 6.19. The first-order valence-corrected chi connectivity index (χ1v) is 12.9. The van der Waals surface area contributed by atoms with Crippen LogP contribution in [0.2, 0.25) is 0 Å². The van der Waals surface area contributed by atoms with Crippen LogP contribution in [0.4, 0.5) is 0 Å². The third-order valence-electron chi connectivity index (χ3n) is 5.99. The first-order valence-electron chi connectivity index (χ1n) is 12.9. The van der Waals surface area contributed by atoms with Crippen LogP contribution in [0, 0.1) is 0 Å². The van der Waals surface area contributed by atoms with Gasteiger partial charge in [-0.15, -0.1) is 0 Å². The summed E-state index contributed by atoms with van der Waals surface area (Å²) in [7, 11) is 0. The van der Waals surface area contributed by atoms with E-state index in [1.807, 2.05) is 6.20 Å². The number of benzene rings is 1. The molecule has 0 saturated carbocycles. The van der Waals surface area contributed by atoms with Gasteiger partial charge < -0.3 is 4.74 Å². The summed E-state index contributed by atoms with van der Waals surface area (Å²) in [4.78, 5) is 8.95. The maximum atomic E-state index is 6.19. The number of aryl methyl sites for hydroxylation is 1. The highest BCUT2D eigenvalue weighted by Gasteiger charge is 2.12. The van der Waals surface area contributed by atoms with Crippen molar-refractivity contribution in [3.8, 4) is 17.0 Å². The van der Waals surface area contributed by atoms with E-state index in [1.54, 1.807) is 6.33 Å². The van der Waals surface area contributed by atoms with Crippen LogP contribution in [0.15, 0.2) is 36.8 Å². The Morgan fingerprint density at radius 3 is 2.03 bits per heavy atom. The quantitative estimate of drug-likeness (QED) is 0.225. The summed E-state index contributed by atoms with van der Waals surface area (Å²) in [6.07, 6.45) is 23.0. The molecule has 0 bridgehead atoms. The van der Waals surface area contributed by atoms with Gasteiger partial charge in [-0.3, -0.25) is 0 Å². The predicted octanol–water partition coefficient (Wildman–Crippen LogP) is 8.57. The summed E-state index contributed by atoms with van der Waals surface area (Å²) in [6.45, 7) is 5.32. The topological polar surface area (TPSA) is 35.0 Å². The Labute approximate surface area is 191 Å². The molecule has 0 aliphatic rings. The van der Waals surface area contributed by atoms with Gasteiger partial charge in [-0.1, -0.05) is 103 Å². The molecule has 0 saturated heterocycles. The average Bonchev–Trinajstić information content (AvgIpc) is 2.81. The molecule has 3 nitrogen and oxygen atoms in total. The number of hydrogen-bond acceptors (Lipinski definition) is 3. The Morgan fingerprint density at radius 2 is 1.32 bits per heavy atom. The summed E-state index contributed by atoms with van der Waals surface area (Å²) in [6, 6.07) is 8.35. The smallest absolute Gasteiger partial charge is 0.128 e. The Morgan fingerprint density at radius 1 is 0.710 bits per heavy atom. The van der Waals surface area contributed by atoms with Crippen LogP contribution in [0.3, 0.4) is 0 Å². The maximum absolute atomic E-state index is 6.19. The van der Waals surface area contributed by atoms with Gasteiger partial charge >= 0.3 is 0 Å². The zero-order valence-electron chi connectivity index (χ0n) is 20.1. The van der Waals surface area contributed by atoms with E-state index in [1.165, 1.54) is 89.0 Å². The van der Waals surface area contributed by atoms with Crippen molar-refractivity contribution in [2.45, 2.75) is 110 Å². The van der Waals surface area contributed by atoms with Gasteiger partial charge in [-0.2, -0.15) is 0 Å². The Bertz CT molecular complexity index is 701. The highest BCUT2D eigenvalue weighted by Crippen LogP contribution is 2.31. The zero-order chi connectivity index (χ0) is 22.0. The van der Waals surface area contributed by atoms with Crippen LogP contribution in [0.1, 0.15) is 109 Å². The highest BCUT2D eigenvalue weighted by atomic mass is 16.5. The molecule has 172 valence electrons. The van der Waals surface area contributed by atoms with Gasteiger partial charge in [0.1, 0.15) is 12.1 Å². The van der Waals surface area contributed by atoms with Crippen molar-refractivity contribution in [3.05, 3.63) is 42.4 Å². The van der Waals surface area contributed by atoms with E-state index in [0.29, 0.717) is 0 Å². The van der Waals surface area contributed by atoms with Gasteiger partial charge in [-0.25, -0.2) is 9.97 Å². The van der Waals surface area contributed by atoms with Gasteiger partial charge in [-0.05, 0) is 37.0 Å². The lowest BCUT2D eigenvalue weighted by Crippen LogP contribution is -2.01. The van der Waals surface area contributed by atoms with Gasteiger partial charge in [0.05, 0.1) is 12.3 Å². The lowest BCUT2D eigenvalue weighted by atomic mass is 10.0. The Hall–Kier alpha value is -1.90. The molecule has 3 heteroatoms. The first-order chi connectivity index (χ1) is 15.4. The molecule has 0 fully saturated rings. The Balaban J connectivity index is 1.84. The molecule has 0 unspecified atom stereocenters. The minimum Gasteiger partial charge on any atom is -0.493 e. The van der Waals surface area contributed by atoms with Crippen molar-refractivity contribution < 1.29 is 4.74 Å². The monoisotopic (exact) mass is 424 g/mol. The normalized spacial score (nSPS) is 11.0. The minimum atomic E-state index is 0.781. The summed E-state index contributed by atoms with van der Waals surface area (Å²) in [5.74, 6) is 0.952. The summed E-state index contributed by atoms with van der Waals surface area (Å²) in [5.41, 5.74) is 3.38. The van der Waals surface area contributed by atoms with Crippen molar-refractivity contribution in [2.75, 3.05) is 6.61 Å². The molecule has 31 heavy (non-hydrogen) atoms. The fourth-order valence-electron chi connectivity index (χ4n) is 4.09. The van der Waals surface area contributed by atoms with E-state index in [-0.39, 0.29) is 0 Å². The molecule has 0 aliphatic heterocycles. The van der Waals surface area contributed by atoms with Crippen molar-refractivity contribution >= 4 is 0 Å². The van der Waals surface area contributed by atoms with Crippen LogP contribution >= 0.6 is 0 Å². The molecule has 1 aromatic heterocycles. The third-order valence-corrected chi connectivity index (χ3v) is 5.99. The van der Waals surface area contributed by atoms with Crippen LogP contribution in [-0.2, 0) is 6.42 Å². The molecule has 0 amide bonds. The molecular weight excluding hydrogens is 380 g/mol. The average molecular weight is 425 g/mol. The third kappa shape index (κ3) is 10.3. The van der Waals surface area contributed by atoms with Crippen LogP contribution in [0.25, 0.3) is 11.3 Å². The molecular formula is C28H44N2O. The van der Waals surface area contributed by atoms with Crippen molar-refractivity contribution in [3.63, 3.8) is 0 Å². The van der Waals surface area contributed by atoms with E-state index in [4.69, 9.17) is 4.74 Å². The van der Waals surface area contributed by atoms with Crippen LogP contribution in [-0.4, -0.2) is 16.6 Å². The molecule has 2 aromatic rings. The van der Waals surface area contributed by atoms with E-state index < -0.39 is 0 Å². The van der Waals surface area contributed by atoms with Crippen molar-refractivity contribution in [2.24, 2.45) is 0 Å². The lowest BCUT2D eigenvalue weighted by Gasteiger charge is -2.13. The molecule has 1 heterocycles. The van der Waals surface area contributed by atoms with Crippen molar-refractivity contribution in [1.29, 1.82) is 0 Å². The van der Waals surface area contributed by atoms with Crippen molar-refractivity contribution in [1.82, 2.24) is 9.97 Å². The minimum absolute atomic E-state index is 0.781. The number of ether oxygens (including phenoxy) is 1. The highest BCUT2D eigenvalue weighted by molar-refractivity contribution is 5.69. The van der Waals surface area contributed by atoms with E-state index >= 15 is 0 Å². The molecule has 1 aromatic carbocycles. The van der Waals surface area contributed by atoms with Gasteiger partial charge in [0.2, 0.25) is 0 Å². The molecule has 0 N–H and O–H groups in total. The maximum Gasteiger partial charge on any atom is 0.128 e. The van der Waals surface area contributed by atoms with Gasteiger partial charge in [0.25, 0.3) is 0 Å². The van der Waals surface area contributed by atoms with Crippen LogP contribution < -0.4 is 4.74 Å². The second kappa shape index (κ2) is 16.8. The number of para-hydroxylation sites is 1. The number of nitrogens with zero attached hydrogens (tertiary/aromatic N) is 2. The number of rotatable bonds is 18. The fraction of sp³-hybridized carbons (Fsp3) is 0.643. The lowest BCUT2D eigenvalue weighted by molar-refractivity contribution is 0.305. The fourth-order valence-corrected chi connectivity index (χ4v) is 4.09. The number of unbranched alkanes of at least 4 members (excludes halogenated alkanes) is 12. The molecule has 0 aliphatic carbocycles. The second-order valence-corrected chi connectivity index (χ2v) is 8.73. The molecule has 0 spiro atoms. The second-order valence-electron chi connectivity index (χ2n) is 8.73. The molecule has 0 radical (unpaired) electrons. The van der Waals surface area contributed by atoms with E-state index in [0.717, 1.165) is 36.5 Å². The zero-order valence-corrected chi connectivity index (χ0v) is 20.1. The Kier molecular flexibility index (Phi) is 13.7. The largest absolute Gasteiger partial charge is 0.493 e. The van der Waals surface area contributed by atoms with E-state index in [2.05, 4.69) is 48.1 Å². The van der Waals surface area contributed by atoms with Crippen LogP contribution in [0.5, 0.6) is 5.75 Å². The van der Waals surface area contributed by atoms with E-state index in [9.17, 15) is 0 Å². The van der Waals surface area contributed by atoms with Gasteiger partial charge in [0, 0.05) is 11.8 Å². The number of aromatic nitrogens is 2. The number of hydrogen-bond donors (Lipinski definition) is 0. The summed E-state index contributed by atoms with van der Waals surface area (Å²) in [5, 5.41) is 0. The predicted molar refractivity (Wildman–Crippen MR) is 133 cm³/mol.